The van der Waals surface area contributed by atoms with Crippen LogP contribution in [0.15, 0.2) is 12.5 Å². The first-order valence-corrected chi connectivity index (χ1v) is 11.3. The number of carboxylic acid groups (broad SMARTS) is 4. The number of hydrogen-bond acceptors (Lipinski definition) is 9. The molecule has 1 heterocycles. The predicted octanol–water partition coefficient (Wildman–Crippen LogP) is -2.59. The summed E-state index contributed by atoms with van der Waals surface area (Å²) in [7, 11) is 0. The summed E-state index contributed by atoms with van der Waals surface area (Å²) in [5.41, 5.74) is 6.08. The van der Waals surface area contributed by atoms with E-state index in [2.05, 4.69) is 25.9 Å². The third-order valence-corrected chi connectivity index (χ3v) is 5.16. The van der Waals surface area contributed by atoms with Gasteiger partial charge in [0.2, 0.25) is 17.7 Å². The van der Waals surface area contributed by atoms with Crippen molar-refractivity contribution in [3.63, 3.8) is 0 Å². The summed E-state index contributed by atoms with van der Waals surface area (Å²) in [6, 6.07) is -5.84. The summed E-state index contributed by atoms with van der Waals surface area (Å²) in [5.74, 6) is -8.25. The number of nitrogens with one attached hydrogen (secondary N) is 4. The van der Waals surface area contributed by atoms with Crippen LogP contribution in [0, 0.1) is 0 Å². The third-order valence-electron chi connectivity index (χ3n) is 5.16. The molecular formula is C21H30N6O11. The number of carbonyl (C=O) groups excluding carboxylic acids is 3. The Kier molecular flexibility index (Phi) is 12.9. The van der Waals surface area contributed by atoms with Gasteiger partial charge in [0.05, 0.1) is 12.4 Å². The first kappa shape index (κ1) is 31.5. The molecule has 4 atom stereocenters. The summed E-state index contributed by atoms with van der Waals surface area (Å²) in [4.78, 5) is 88.9. The van der Waals surface area contributed by atoms with Gasteiger partial charge in [-0.3, -0.25) is 28.8 Å². The van der Waals surface area contributed by atoms with Crippen molar-refractivity contribution in [2.75, 3.05) is 0 Å². The van der Waals surface area contributed by atoms with Gasteiger partial charge in [-0.1, -0.05) is 0 Å². The molecule has 0 saturated carbocycles. The second-order valence-electron chi connectivity index (χ2n) is 8.21. The van der Waals surface area contributed by atoms with Crippen molar-refractivity contribution in [3.05, 3.63) is 18.2 Å². The summed E-state index contributed by atoms with van der Waals surface area (Å²) in [6.45, 7) is 0. The zero-order valence-corrected chi connectivity index (χ0v) is 20.1. The molecule has 0 saturated heterocycles. The average Bonchev–Trinajstić information content (AvgIpc) is 3.34. The van der Waals surface area contributed by atoms with Crippen molar-refractivity contribution in [1.82, 2.24) is 25.9 Å². The van der Waals surface area contributed by atoms with Crippen molar-refractivity contribution < 1.29 is 54.0 Å². The van der Waals surface area contributed by atoms with Crippen LogP contribution < -0.4 is 21.7 Å². The summed E-state index contributed by atoms with van der Waals surface area (Å²) < 4.78 is 0. The molecule has 3 amide bonds. The fraction of sp³-hybridized carbons (Fsp3) is 0.524. The molecule has 17 heteroatoms. The lowest BCUT2D eigenvalue weighted by molar-refractivity contribution is -0.144. The highest BCUT2D eigenvalue weighted by Gasteiger charge is 2.31. The molecule has 10 N–H and O–H groups in total. The average molecular weight is 543 g/mol. The quantitative estimate of drug-likeness (QED) is 0.0921. The summed E-state index contributed by atoms with van der Waals surface area (Å²) in [6.07, 6.45) is -0.252. The van der Waals surface area contributed by atoms with Crippen LogP contribution in [0.5, 0.6) is 0 Å². The van der Waals surface area contributed by atoms with Gasteiger partial charge in [0, 0.05) is 37.6 Å². The Morgan fingerprint density at radius 2 is 1.21 bits per heavy atom. The molecule has 0 aromatic carbocycles. The van der Waals surface area contributed by atoms with E-state index in [4.69, 9.17) is 21.1 Å². The van der Waals surface area contributed by atoms with E-state index in [0.29, 0.717) is 5.69 Å². The van der Waals surface area contributed by atoms with Gasteiger partial charge in [-0.25, -0.2) is 9.78 Å². The van der Waals surface area contributed by atoms with Crippen LogP contribution in [0.2, 0.25) is 0 Å². The fourth-order valence-electron chi connectivity index (χ4n) is 3.12. The lowest BCUT2D eigenvalue weighted by Gasteiger charge is -2.25. The zero-order chi connectivity index (χ0) is 28.8. The molecule has 1 rings (SSSR count). The van der Waals surface area contributed by atoms with Crippen molar-refractivity contribution in [2.45, 2.75) is 69.1 Å². The minimum absolute atomic E-state index is 0.174. The van der Waals surface area contributed by atoms with Crippen molar-refractivity contribution >= 4 is 41.6 Å². The molecule has 1 aromatic heterocycles. The first-order chi connectivity index (χ1) is 17.8. The van der Waals surface area contributed by atoms with Gasteiger partial charge in [0.1, 0.15) is 18.1 Å². The molecule has 0 aliphatic heterocycles. The maximum atomic E-state index is 13.1. The van der Waals surface area contributed by atoms with Gasteiger partial charge in [-0.15, -0.1) is 0 Å². The summed E-state index contributed by atoms with van der Waals surface area (Å²) >= 11 is 0. The molecule has 4 unspecified atom stereocenters. The molecule has 0 fully saturated rings. The molecule has 38 heavy (non-hydrogen) atoms. The van der Waals surface area contributed by atoms with Gasteiger partial charge in [-0.2, -0.15) is 0 Å². The van der Waals surface area contributed by atoms with Crippen LogP contribution in [0.3, 0.4) is 0 Å². The number of nitrogens with two attached hydrogens (primary N) is 1. The number of carbonyl (C=O) groups is 7. The largest absolute Gasteiger partial charge is 0.481 e. The van der Waals surface area contributed by atoms with E-state index in [1.54, 1.807) is 0 Å². The number of aliphatic carboxylic acids is 4. The van der Waals surface area contributed by atoms with Crippen LogP contribution in [-0.2, 0) is 40.0 Å². The molecule has 0 spiro atoms. The van der Waals surface area contributed by atoms with E-state index < -0.39 is 97.9 Å². The number of nitrogens with zero attached hydrogens (tertiary/aromatic N) is 1. The number of hydrogen-bond donors (Lipinski definition) is 9. The van der Waals surface area contributed by atoms with E-state index in [1.807, 2.05) is 0 Å². The van der Waals surface area contributed by atoms with E-state index in [0.717, 1.165) is 0 Å². The van der Waals surface area contributed by atoms with Crippen LogP contribution in [-0.4, -0.2) is 96.2 Å². The maximum Gasteiger partial charge on any atom is 0.326 e. The molecule has 0 aliphatic carbocycles. The monoisotopic (exact) mass is 542 g/mol. The topological polar surface area (TPSA) is 291 Å². The van der Waals surface area contributed by atoms with Gasteiger partial charge < -0.3 is 47.1 Å². The predicted molar refractivity (Wildman–Crippen MR) is 124 cm³/mol. The molecule has 0 radical (unpaired) electrons. The van der Waals surface area contributed by atoms with Crippen LogP contribution >= 0.6 is 0 Å². The minimum atomic E-state index is -1.63. The number of carboxylic acids is 4. The van der Waals surface area contributed by atoms with E-state index in [1.165, 1.54) is 12.5 Å². The Balaban J connectivity index is 3.07. The summed E-state index contributed by atoms with van der Waals surface area (Å²) in [5, 5.41) is 42.6. The molecule has 1 aromatic rings. The standard InChI is InChI=1S/C21H30N6O11/c22-11(1-4-15(28)29)18(34)27-14(7-10-8-23-9-24-10)20(36)25-12(2-5-16(30)31)19(35)26-13(21(37)38)3-6-17(32)33/h8-9,11-14H,1-7,22H2,(H,23,24)(H,25,36)(H,26,35)(H,27,34)(H,28,29)(H,30,31)(H,32,33)(H,37,38). The smallest absolute Gasteiger partial charge is 0.326 e. The Morgan fingerprint density at radius 3 is 1.71 bits per heavy atom. The number of amides is 3. The second-order valence-corrected chi connectivity index (χ2v) is 8.21. The van der Waals surface area contributed by atoms with Crippen molar-refractivity contribution in [3.8, 4) is 0 Å². The highest BCUT2D eigenvalue weighted by molar-refractivity contribution is 5.94. The molecule has 0 bridgehead atoms. The third kappa shape index (κ3) is 11.9. The molecule has 0 aliphatic rings. The Morgan fingerprint density at radius 1 is 0.737 bits per heavy atom. The number of rotatable bonds is 18. The Bertz CT molecular complexity index is 1010. The van der Waals surface area contributed by atoms with Crippen LogP contribution in [0.1, 0.15) is 44.2 Å². The molecular weight excluding hydrogens is 512 g/mol. The van der Waals surface area contributed by atoms with Gasteiger partial charge in [0.25, 0.3) is 0 Å². The zero-order valence-electron chi connectivity index (χ0n) is 20.1. The molecule has 17 nitrogen and oxygen atoms in total. The minimum Gasteiger partial charge on any atom is -0.481 e. The number of aromatic nitrogens is 2. The lowest BCUT2D eigenvalue weighted by atomic mass is 10.1. The second kappa shape index (κ2) is 15.5. The normalized spacial score (nSPS) is 13.8. The van der Waals surface area contributed by atoms with Crippen molar-refractivity contribution in [1.29, 1.82) is 0 Å². The van der Waals surface area contributed by atoms with E-state index in [-0.39, 0.29) is 12.8 Å². The van der Waals surface area contributed by atoms with Crippen LogP contribution in [0.25, 0.3) is 0 Å². The highest BCUT2D eigenvalue weighted by Crippen LogP contribution is 2.06. The first-order valence-electron chi connectivity index (χ1n) is 11.3. The Hall–Kier alpha value is -4.54. The number of H-pyrrole nitrogens is 1. The van der Waals surface area contributed by atoms with E-state index >= 15 is 0 Å². The molecule has 210 valence electrons. The Labute approximate surface area is 215 Å². The van der Waals surface area contributed by atoms with Gasteiger partial charge in [0.15, 0.2) is 0 Å². The SMILES string of the molecule is NC(CCC(=O)O)C(=O)NC(Cc1cnc[nH]1)C(=O)NC(CCC(=O)O)C(=O)NC(CCC(=O)O)C(=O)O. The fourth-order valence-corrected chi connectivity index (χ4v) is 3.12. The maximum absolute atomic E-state index is 13.1. The lowest BCUT2D eigenvalue weighted by Crippen LogP contribution is -2.57. The van der Waals surface area contributed by atoms with E-state index in [9.17, 15) is 38.7 Å². The van der Waals surface area contributed by atoms with Gasteiger partial charge in [-0.05, 0) is 19.3 Å². The number of imidazole rings is 1. The van der Waals surface area contributed by atoms with Gasteiger partial charge >= 0.3 is 23.9 Å². The van der Waals surface area contributed by atoms with Crippen molar-refractivity contribution in [2.24, 2.45) is 5.73 Å². The number of aromatic amines is 1. The highest BCUT2D eigenvalue weighted by atomic mass is 16.4. The van der Waals surface area contributed by atoms with Crippen LogP contribution in [0.4, 0.5) is 0 Å².